The zero-order valence-corrected chi connectivity index (χ0v) is 17.7. The molecule has 1 aliphatic heterocycles. The van der Waals surface area contributed by atoms with Crippen molar-refractivity contribution in [2.24, 2.45) is 0 Å². The van der Waals surface area contributed by atoms with Gasteiger partial charge in [-0.05, 0) is 43.2 Å². The van der Waals surface area contributed by atoms with Gasteiger partial charge >= 0.3 is 5.97 Å². The van der Waals surface area contributed by atoms with Gasteiger partial charge in [0.1, 0.15) is 6.04 Å². The number of carbonyl (C=O) groups is 2. The zero-order chi connectivity index (χ0) is 21.2. The van der Waals surface area contributed by atoms with Crippen LogP contribution in [0.15, 0.2) is 47.4 Å². The molecule has 0 unspecified atom stereocenters. The molecule has 1 N–H and O–H groups in total. The number of rotatable bonds is 6. The molecule has 3 rings (SSSR count). The summed E-state index contributed by atoms with van der Waals surface area (Å²) < 4.78 is 32.0. The van der Waals surface area contributed by atoms with Gasteiger partial charge in [-0.3, -0.25) is 9.59 Å². The van der Waals surface area contributed by atoms with E-state index < -0.39 is 28.6 Å². The molecule has 7 nitrogen and oxygen atoms in total. The molecule has 1 amide bonds. The molecule has 1 heterocycles. The van der Waals surface area contributed by atoms with Crippen molar-refractivity contribution in [1.29, 1.82) is 0 Å². The fraction of sp³-hybridized carbons (Fsp3) is 0.263. The van der Waals surface area contributed by atoms with Gasteiger partial charge in [-0.15, -0.1) is 0 Å². The Kier molecular flexibility index (Phi) is 6.48. The maximum atomic E-state index is 12.4. The molecule has 154 valence electrons. The van der Waals surface area contributed by atoms with Crippen LogP contribution in [-0.4, -0.2) is 39.5 Å². The van der Waals surface area contributed by atoms with Gasteiger partial charge in [-0.2, -0.15) is 4.72 Å². The molecular weight excluding hydrogens is 439 g/mol. The largest absolute Gasteiger partial charge is 0.454 e. The van der Waals surface area contributed by atoms with Crippen molar-refractivity contribution in [3.05, 3.63) is 58.1 Å². The third kappa shape index (κ3) is 4.90. The topological polar surface area (TPSA) is 92.8 Å². The number of benzene rings is 2. The fourth-order valence-electron chi connectivity index (χ4n) is 2.93. The van der Waals surface area contributed by atoms with E-state index in [-0.39, 0.29) is 20.8 Å². The summed E-state index contributed by atoms with van der Waals surface area (Å²) in [5, 5.41) is 0.279. The van der Waals surface area contributed by atoms with Crippen molar-refractivity contribution in [3.63, 3.8) is 0 Å². The average molecular weight is 457 g/mol. The van der Waals surface area contributed by atoms with Crippen LogP contribution in [0.1, 0.15) is 12.5 Å². The number of nitrogens with one attached hydrogen (secondary N) is 1. The summed E-state index contributed by atoms with van der Waals surface area (Å²) in [4.78, 5) is 26.0. The molecule has 0 bridgehead atoms. The van der Waals surface area contributed by atoms with Gasteiger partial charge in [0.25, 0.3) is 5.91 Å². The van der Waals surface area contributed by atoms with E-state index >= 15 is 0 Å². The van der Waals surface area contributed by atoms with Crippen LogP contribution in [0.5, 0.6) is 0 Å². The van der Waals surface area contributed by atoms with Gasteiger partial charge in [-0.1, -0.05) is 41.4 Å². The summed E-state index contributed by atoms with van der Waals surface area (Å²) in [6.07, 6.45) is 0.732. The molecule has 10 heteroatoms. The zero-order valence-electron chi connectivity index (χ0n) is 15.4. The van der Waals surface area contributed by atoms with E-state index in [4.69, 9.17) is 27.9 Å². The summed E-state index contributed by atoms with van der Waals surface area (Å²) in [7, 11) is -4.03. The van der Waals surface area contributed by atoms with Gasteiger partial charge in [0.05, 0.1) is 14.9 Å². The van der Waals surface area contributed by atoms with Crippen molar-refractivity contribution in [2.45, 2.75) is 24.3 Å². The number of nitrogens with zero attached hydrogens (tertiary/aromatic N) is 1. The maximum absolute atomic E-state index is 12.4. The lowest BCUT2D eigenvalue weighted by molar-refractivity contribution is -0.149. The maximum Gasteiger partial charge on any atom is 0.324 e. The molecule has 0 saturated heterocycles. The Morgan fingerprint density at radius 2 is 1.90 bits per heavy atom. The highest BCUT2D eigenvalue weighted by atomic mass is 35.5. The Morgan fingerprint density at radius 1 is 1.17 bits per heavy atom. The van der Waals surface area contributed by atoms with Crippen LogP contribution in [0.25, 0.3) is 0 Å². The van der Waals surface area contributed by atoms with Gasteiger partial charge < -0.3 is 9.64 Å². The van der Waals surface area contributed by atoms with E-state index in [1.54, 1.807) is 4.90 Å². The highest BCUT2D eigenvalue weighted by Crippen LogP contribution is 2.27. The normalized spacial score (nSPS) is 14.4. The SMILES string of the molecule is C[C@H](NS(=O)(=O)c1ccc(Cl)c(Cl)c1)C(=O)OCC(=O)N1CCc2ccccc21. The van der Waals surface area contributed by atoms with Crippen LogP contribution in [0.3, 0.4) is 0 Å². The van der Waals surface area contributed by atoms with Crippen molar-refractivity contribution in [3.8, 4) is 0 Å². The number of fused-ring (bicyclic) bond motifs is 1. The van der Waals surface area contributed by atoms with E-state index in [0.717, 1.165) is 17.7 Å². The number of hydrogen-bond donors (Lipinski definition) is 1. The molecule has 0 spiro atoms. The fourth-order valence-corrected chi connectivity index (χ4v) is 4.51. The Hall–Kier alpha value is -2.13. The Bertz CT molecular complexity index is 1060. The molecule has 0 aliphatic carbocycles. The monoisotopic (exact) mass is 456 g/mol. The summed E-state index contributed by atoms with van der Waals surface area (Å²) in [5.41, 5.74) is 1.84. The van der Waals surface area contributed by atoms with Gasteiger partial charge in [-0.25, -0.2) is 8.42 Å². The highest BCUT2D eigenvalue weighted by molar-refractivity contribution is 7.89. The summed E-state index contributed by atoms with van der Waals surface area (Å²) >= 11 is 11.6. The molecule has 1 atom stereocenters. The minimum Gasteiger partial charge on any atom is -0.454 e. The lowest BCUT2D eigenvalue weighted by atomic mass is 10.2. The van der Waals surface area contributed by atoms with E-state index in [0.29, 0.717) is 6.54 Å². The van der Waals surface area contributed by atoms with E-state index in [1.165, 1.54) is 25.1 Å². The van der Waals surface area contributed by atoms with Crippen LogP contribution in [0.2, 0.25) is 10.0 Å². The lowest BCUT2D eigenvalue weighted by Gasteiger charge is -2.18. The van der Waals surface area contributed by atoms with Crippen molar-refractivity contribution >= 4 is 50.8 Å². The van der Waals surface area contributed by atoms with E-state index in [1.807, 2.05) is 24.3 Å². The molecule has 2 aromatic rings. The smallest absolute Gasteiger partial charge is 0.324 e. The predicted octanol–water partition coefficient (Wildman–Crippen LogP) is 2.79. The molecule has 1 aliphatic rings. The van der Waals surface area contributed by atoms with E-state index in [9.17, 15) is 18.0 Å². The second-order valence-corrected chi connectivity index (χ2v) is 8.98. The third-order valence-electron chi connectivity index (χ3n) is 4.41. The molecule has 0 saturated carbocycles. The highest BCUT2D eigenvalue weighted by Gasteiger charge is 2.27. The number of anilines is 1. The molecule has 0 aromatic heterocycles. The first-order valence-electron chi connectivity index (χ1n) is 8.71. The van der Waals surface area contributed by atoms with Crippen LogP contribution < -0.4 is 9.62 Å². The second-order valence-electron chi connectivity index (χ2n) is 6.45. The first-order chi connectivity index (χ1) is 13.7. The number of carbonyl (C=O) groups excluding carboxylic acids is 2. The first kappa shape index (κ1) is 21.6. The number of esters is 1. The summed E-state index contributed by atoms with van der Waals surface area (Å²) in [5.74, 6) is -1.24. The number of halogens is 2. The standard InChI is InChI=1S/C19H18Cl2N2O5S/c1-12(22-29(26,27)14-6-7-15(20)16(21)10-14)19(25)28-11-18(24)23-9-8-13-4-2-3-5-17(13)23/h2-7,10,12,22H,8-9,11H2,1H3/t12-/m0/s1. The van der Waals surface area contributed by atoms with Gasteiger partial charge in [0, 0.05) is 12.2 Å². The van der Waals surface area contributed by atoms with Crippen molar-refractivity contribution in [2.75, 3.05) is 18.1 Å². The lowest BCUT2D eigenvalue weighted by Crippen LogP contribution is -2.41. The minimum atomic E-state index is -4.03. The number of sulfonamides is 1. The predicted molar refractivity (Wildman–Crippen MR) is 110 cm³/mol. The van der Waals surface area contributed by atoms with Crippen LogP contribution in [0.4, 0.5) is 5.69 Å². The van der Waals surface area contributed by atoms with Gasteiger partial charge in [0.15, 0.2) is 6.61 Å². The molecular formula is C19H18Cl2N2O5S. The Labute approximate surface area is 178 Å². The molecule has 0 radical (unpaired) electrons. The van der Waals surface area contributed by atoms with Crippen LogP contribution in [-0.2, 0) is 30.8 Å². The van der Waals surface area contributed by atoms with Crippen LogP contribution in [0, 0.1) is 0 Å². The summed E-state index contributed by atoms with van der Waals surface area (Å²) in [6, 6.07) is 10.1. The van der Waals surface area contributed by atoms with Crippen molar-refractivity contribution in [1.82, 2.24) is 4.72 Å². The average Bonchev–Trinajstić information content (AvgIpc) is 3.11. The Morgan fingerprint density at radius 3 is 2.62 bits per heavy atom. The molecule has 29 heavy (non-hydrogen) atoms. The Balaban J connectivity index is 1.58. The minimum absolute atomic E-state index is 0.0706. The molecule has 0 fully saturated rings. The summed E-state index contributed by atoms with van der Waals surface area (Å²) in [6.45, 7) is 1.36. The number of para-hydroxylation sites is 1. The number of ether oxygens (including phenoxy) is 1. The molecule has 2 aromatic carbocycles. The van der Waals surface area contributed by atoms with Crippen molar-refractivity contribution < 1.29 is 22.7 Å². The van der Waals surface area contributed by atoms with E-state index in [2.05, 4.69) is 4.72 Å². The second kappa shape index (κ2) is 8.71. The number of hydrogen-bond acceptors (Lipinski definition) is 5. The number of amides is 1. The first-order valence-corrected chi connectivity index (χ1v) is 11.0. The quantitative estimate of drug-likeness (QED) is 0.674. The van der Waals surface area contributed by atoms with Gasteiger partial charge in [0.2, 0.25) is 10.0 Å². The third-order valence-corrected chi connectivity index (χ3v) is 6.69. The van der Waals surface area contributed by atoms with Crippen LogP contribution >= 0.6 is 23.2 Å².